The molecule has 0 saturated carbocycles. The number of hydrogen-bond acceptors (Lipinski definition) is 1. The van der Waals surface area contributed by atoms with Gasteiger partial charge >= 0.3 is 6.18 Å². The maximum atomic E-state index is 12.1. The molecule has 0 saturated heterocycles. The largest absolute Gasteiger partial charge is 0.389 e. The van der Waals surface area contributed by atoms with Crippen molar-refractivity contribution in [2.75, 3.05) is 6.26 Å². The number of halogens is 3. The maximum Gasteiger partial charge on any atom is 0.389 e. The normalized spacial score (nSPS) is 17.6. The minimum Gasteiger partial charge on any atom is -0.255 e. The monoisotopic (exact) mass is 228 g/mol. The van der Waals surface area contributed by atoms with Gasteiger partial charge in [0.15, 0.2) is 0 Å². The molecule has 84 valence electrons. The fourth-order valence-corrected chi connectivity index (χ4v) is 1.43. The summed E-state index contributed by atoms with van der Waals surface area (Å²) in [5, 5.41) is 1.32. The molecule has 0 amide bonds. The number of alkyl halides is 3. The molecule has 0 aliphatic rings. The fourth-order valence-electron chi connectivity index (χ4n) is 1.00. The summed E-state index contributed by atoms with van der Waals surface area (Å²) in [6.45, 7) is 3.44. The summed E-state index contributed by atoms with van der Waals surface area (Å²) >= 11 is 0. The second-order valence-corrected chi connectivity index (χ2v) is 4.82. The van der Waals surface area contributed by atoms with Gasteiger partial charge in [0.25, 0.3) is 0 Å². The Hall–Kier alpha value is -0.320. The SMILES string of the molecule is CC(C)C(/C=C\S(C)=O)CC(F)(F)F. The summed E-state index contributed by atoms with van der Waals surface area (Å²) < 4.78 is 46.9. The van der Waals surface area contributed by atoms with E-state index in [1.165, 1.54) is 17.7 Å². The van der Waals surface area contributed by atoms with E-state index < -0.39 is 29.3 Å². The molecule has 2 atom stereocenters. The summed E-state index contributed by atoms with van der Waals surface area (Å²) in [6.07, 6.45) is -2.18. The van der Waals surface area contributed by atoms with Gasteiger partial charge in [-0.2, -0.15) is 13.2 Å². The average molecular weight is 228 g/mol. The lowest BCUT2D eigenvalue weighted by Gasteiger charge is -2.18. The third-order valence-electron chi connectivity index (χ3n) is 1.84. The predicted molar refractivity (Wildman–Crippen MR) is 52.2 cm³/mol. The molecular formula is C9H15F3OS. The Morgan fingerprint density at radius 3 is 2.14 bits per heavy atom. The highest BCUT2D eigenvalue weighted by Gasteiger charge is 2.31. The number of rotatable bonds is 4. The van der Waals surface area contributed by atoms with E-state index in [2.05, 4.69) is 0 Å². The summed E-state index contributed by atoms with van der Waals surface area (Å²) in [5.74, 6) is -0.685. The van der Waals surface area contributed by atoms with E-state index in [1.807, 2.05) is 0 Å². The van der Waals surface area contributed by atoms with Gasteiger partial charge in [-0.25, -0.2) is 0 Å². The van der Waals surface area contributed by atoms with Crippen molar-refractivity contribution in [2.45, 2.75) is 26.4 Å². The molecule has 14 heavy (non-hydrogen) atoms. The van der Waals surface area contributed by atoms with Crippen molar-refractivity contribution in [3.8, 4) is 0 Å². The molecule has 0 aromatic rings. The van der Waals surface area contributed by atoms with Gasteiger partial charge in [0, 0.05) is 23.5 Å². The second-order valence-electron chi connectivity index (χ2n) is 3.55. The summed E-state index contributed by atoms with van der Waals surface area (Å²) in [6, 6.07) is 0. The zero-order valence-corrected chi connectivity index (χ0v) is 9.28. The van der Waals surface area contributed by atoms with E-state index in [1.54, 1.807) is 13.8 Å². The quantitative estimate of drug-likeness (QED) is 0.722. The van der Waals surface area contributed by atoms with Crippen LogP contribution in [0.15, 0.2) is 11.5 Å². The third-order valence-corrected chi connectivity index (χ3v) is 2.38. The van der Waals surface area contributed by atoms with Crippen LogP contribution in [-0.2, 0) is 10.8 Å². The number of hydrogen-bond donors (Lipinski definition) is 0. The number of allylic oxidation sites excluding steroid dienone is 1. The van der Waals surface area contributed by atoms with Gasteiger partial charge in [0.1, 0.15) is 0 Å². The first-order valence-corrected chi connectivity index (χ1v) is 5.92. The van der Waals surface area contributed by atoms with Crippen molar-refractivity contribution in [1.29, 1.82) is 0 Å². The predicted octanol–water partition coefficient (Wildman–Crippen LogP) is 3.10. The van der Waals surface area contributed by atoms with Crippen LogP contribution in [0.1, 0.15) is 20.3 Å². The molecule has 1 nitrogen and oxygen atoms in total. The second kappa shape index (κ2) is 5.53. The summed E-state index contributed by atoms with van der Waals surface area (Å²) in [4.78, 5) is 0. The fraction of sp³-hybridized carbons (Fsp3) is 0.778. The highest BCUT2D eigenvalue weighted by molar-refractivity contribution is 7.87. The van der Waals surface area contributed by atoms with Gasteiger partial charge in [-0.1, -0.05) is 19.9 Å². The van der Waals surface area contributed by atoms with E-state index in [-0.39, 0.29) is 5.92 Å². The first-order chi connectivity index (χ1) is 6.22. The van der Waals surface area contributed by atoms with Crippen molar-refractivity contribution >= 4 is 10.8 Å². The molecule has 0 heterocycles. The lowest BCUT2D eigenvalue weighted by atomic mass is 9.92. The lowest BCUT2D eigenvalue weighted by molar-refractivity contribution is -0.143. The van der Waals surface area contributed by atoms with E-state index in [4.69, 9.17) is 0 Å². The Balaban J connectivity index is 4.39. The minimum absolute atomic E-state index is 0.101. The lowest BCUT2D eigenvalue weighted by Crippen LogP contribution is -2.17. The third kappa shape index (κ3) is 7.12. The summed E-state index contributed by atoms with van der Waals surface area (Å²) in [5.41, 5.74) is 0. The van der Waals surface area contributed by atoms with Gasteiger partial charge in [-0.15, -0.1) is 0 Å². The maximum absolute atomic E-state index is 12.1. The molecule has 0 bridgehead atoms. The molecular weight excluding hydrogens is 213 g/mol. The Bertz CT molecular complexity index is 221. The van der Waals surface area contributed by atoms with Crippen LogP contribution in [0, 0.1) is 11.8 Å². The Morgan fingerprint density at radius 2 is 1.86 bits per heavy atom. The van der Waals surface area contributed by atoms with Crippen LogP contribution in [0.5, 0.6) is 0 Å². The van der Waals surface area contributed by atoms with Crippen molar-refractivity contribution in [1.82, 2.24) is 0 Å². The van der Waals surface area contributed by atoms with Crippen molar-refractivity contribution in [2.24, 2.45) is 11.8 Å². The van der Waals surface area contributed by atoms with Crippen LogP contribution in [0.3, 0.4) is 0 Å². The topological polar surface area (TPSA) is 17.1 Å². The Labute approximate surface area is 84.8 Å². The van der Waals surface area contributed by atoms with Crippen LogP contribution in [0.2, 0.25) is 0 Å². The van der Waals surface area contributed by atoms with Crippen LogP contribution in [0.25, 0.3) is 0 Å². The molecule has 2 unspecified atom stereocenters. The van der Waals surface area contributed by atoms with Crippen LogP contribution < -0.4 is 0 Å². The average Bonchev–Trinajstić information content (AvgIpc) is 1.94. The molecule has 0 fully saturated rings. The van der Waals surface area contributed by atoms with E-state index in [0.717, 1.165) is 0 Å². The van der Waals surface area contributed by atoms with Crippen molar-refractivity contribution in [3.63, 3.8) is 0 Å². The van der Waals surface area contributed by atoms with Gasteiger partial charge in [-0.3, -0.25) is 4.21 Å². The van der Waals surface area contributed by atoms with Crippen LogP contribution in [0.4, 0.5) is 13.2 Å². The van der Waals surface area contributed by atoms with Crippen molar-refractivity contribution in [3.05, 3.63) is 11.5 Å². The molecule has 0 N–H and O–H groups in total. The molecule has 5 heteroatoms. The first-order valence-electron chi connectivity index (χ1n) is 4.29. The molecule has 0 spiro atoms. The highest BCUT2D eigenvalue weighted by Crippen LogP contribution is 2.29. The first kappa shape index (κ1) is 13.7. The van der Waals surface area contributed by atoms with Crippen LogP contribution >= 0.6 is 0 Å². The molecule has 0 aliphatic heterocycles. The Morgan fingerprint density at radius 1 is 1.36 bits per heavy atom. The van der Waals surface area contributed by atoms with Crippen LogP contribution in [-0.4, -0.2) is 16.6 Å². The van der Waals surface area contributed by atoms with E-state index in [9.17, 15) is 17.4 Å². The molecule has 0 radical (unpaired) electrons. The van der Waals surface area contributed by atoms with Gasteiger partial charge in [0.2, 0.25) is 0 Å². The smallest absolute Gasteiger partial charge is 0.255 e. The zero-order chi connectivity index (χ0) is 11.4. The zero-order valence-electron chi connectivity index (χ0n) is 8.47. The molecule has 0 aromatic carbocycles. The molecule has 0 rings (SSSR count). The van der Waals surface area contributed by atoms with E-state index >= 15 is 0 Å². The molecule has 0 aliphatic carbocycles. The standard InChI is InChI=1S/C9H15F3OS/c1-7(2)8(4-5-14(3)13)6-9(10,11)12/h4-5,7-8H,6H2,1-3H3/b5-4-. The van der Waals surface area contributed by atoms with Crippen molar-refractivity contribution < 1.29 is 17.4 Å². The van der Waals surface area contributed by atoms with E-state index in [0.29, 0.717) is 0 Å². The van der Waals surface area contributed by atoms with Gasteiger partial charge in [0.05, 0.1) is 0 Å². The molecule has 0 aromatic heterocycles. The van der Waals surface area contributed by atoms with Gasteiger partial charge in [-0.05, 0) is 17.2 Å². The summed E-state index contributed by atoms with van der Waals surface area (Å²) in [7, 11) is -1.18. The van der Waals surface area contributed by atoms with Gasteiger partial charge < -0.3 is 0 Å². The minimum atomic E-state index is -4.16. The Kier molecular flexibility index (Phi) is 5.41. The highest BCUT2D eigenvalue weighted by atomic mass is 32.2.